The van der Waals surface area contributed by atoms with Crippen LogP contribution in [0.15, 0.2) is 0 Å². The highest BCUT2D eigenvalue weighted by Crippen LogP contribution is 2.46. The molecule has 2 atom stereocenters. The summed E-state index contributed by atoms with van der Waals surface area (Å²) in [6.07, 6.45) is 5.09. The summed E-state index contributed by atoms with van der Waals surface area (Å²) in [5.41, 5.74) is -0.275. The Balaban J connectivity index is 2.89. The van der Waals surface area contributed by atoms with Crippen LogP contribution in [0.5, 0.6) is 0 Å². The summed E-state index contributed by atoms with van der Waals surface area (Å²) in [5.74, 6) is -1.65. The number of methoxy groups -OCH3 is 2. The van der Waals surface area contributed by atoms with Crippen molar-refractivity contribution in [1.82, 2.24) is 0 Å². The molecule has 0 amide bonds. The molecule has 1 aliphatic rings. The summed E-state index contributed by atoms with van der Waals surface area (Å²) in [5, 5.41) is 0. The molecule has 0 N–H and O–H groups in total. The van der Waals surface area contributed by atoms with Crippen molar-refractivity contribution in [2.45, 2.75) is 58.3 Å². The third kappa shape index (κ3) is 4.96. The Morgan fingerprint density at radius 2 is 1.55 bits per heavy atom. The number of alkyl halides is 2. The van der Waals surface area contributed by atoms with E-state index in [9.17, 15) is 8.78 Å². The Kier molecular flexibility index (Phi) is 6.86. The molecule has 1 rings (SSSR count). The van der Waals surface area contributed by atoms with E-state index in [2.05, 4.69) is 6.92 Å². The molecule has 0 aliphatic heterocycles. The van der Waals surface area contributed by atoms with Gasteiger partial charge in [0.2, 0.25) is 5.92 Å². The van der Waals surface area contributed by atoms with Crippen LogP contribution in [0.1, 0.15) is 52.4 Å². The van der Waals surface area contributed by atoms with E-state index in [4.69, 9.17) is 9.47 Å². The predicted octanol–water partition coefficient (Wildman–Crippen LogP) is 4.53. The molecule has 4 heteroatoms. The first-order valence-electron chi connectivity index (χ1n) is 7.70. The van der Waals surface area contributed by atoms with Crippen molar-refractivity contribution in [3.8, 4) is 0 Å². The van der Waals surface area contributed by atoms with E-state index < -0.39 is 5.92 Å². The normalized spacial score (nSPS) is 24.9. The fraction of sp³-hybridized carbons (Fsp3) is 1.00. The second kappa shape index (κ2) is 7.69. The molecule has 0 aromatic heterocycles. The van der Waals surface area contributed by atoms with Crippen LogP contribution in [0.4, 0.5) is 8.78 Å². The van der Waals surface area contributed by atoms with Gasteiger partial charge in [0, 0.05) is 26.1 Å². The van der Waals surface area contributed by atoms with Gasteiger partial charge >= 0.3 is 0 Å². The molecular formula is C16H30F2O2. The first-order chi connectivity index (χ1) is 9.34. The van der Waals surface area contributed by atoms with Crippen molar-refractivity contribution in [2.75, 3.05) is 27.4 Å². The van der Waals surface area contributed by atoms with E-state index in [0.717, 1.165) is 13.3 Å². The van der Waals surface area contributed by atoms with Crippen molar-refractivity contribution in [3.63, 3.8) is 0 Å². The zero-order valence-electron chi connectivity index (χ0n) is 13.4. The van der Waals surface area contributed by atoms with Crippen LogP contribution in [-0.2, 0) is 9.47 Å². The molecule has 0 spiro atoms. The van der Waals surface area contributed by atoms with Gasteiger partial charge in [0.25, 0.3) is 0 Å². The van der Waals surface area contributed by atoms with Crippen molar-refractivity contribution >= 4 is 0 Å². The minimum Gasteiger partial charge on any atom is -0.384 e. The summed E-state index contributed by atoms with van der Waals surface area (Å²) in [7, 11) is 3.31. The van der Waals surface area contributed by atoms with Crippen LogP contribution in [0.2, 0.25) is 0 Å². The Bertz CT molecular complexity index is 270. The molecule has 0 saturated heterocycles. The van der Waals surface area contributed by atoms with Crippen LogP contribution < -0.4 is 0 Å². The molecule has 2 nitrogen and oxygen atoms in total. The SMILES string of the molecule is COCC(CCC(C)(F)F)(COC)C1CCCCC1C. The minimum atomic E-state index is -2.62. The van der Waals surface area contributed by atoms with Crippen molar-refractivity contribution in [2.24, 2.45) is 17.3 Å². The van der Waals surface area contributed by atoms with E-state index in [-0.39, 0.29) is 11.8 Å². The number of hydrogen-bond donors (Lipinski definition) is 0. The van der Waals surface area contributed by atoms with Crippen LogP contribution in [0.25, 0.3) is 0 Å². The minimum absolute atomic E-state index is 0.0943. The fourth-order valence-electron chi connectivity index (χ4n) is 3.85. The van der Waals surface area contributed by atoms with Crippen LogP contribution >= 0.6 is 0 Å². The lowest BCUT2D eigenvalue weighted by Gasteiger charge is -2.45. The molecule has 0 radical (unpaired) electrons. The van der Waals surface area contributed by atoms with Crippen molar-refractivity contribution < 1.29 is 18.3 Å². The second-order valence-electron chi connectivity index (χ2n) is 6.67. The number of rotatable bonds is 8. The Labute approximate surface area is 122 Å². The van der Waals surface area contributed by atoms with E-state index in [1.165, 1.54) is 19.3 Å². The van der Waals surface area contributed by atoms with Gasteiger partial charge in [-0.15, -0.1) is 0 Å². The Morgan fingerprint density at radius 3 is 2.00 bits per heavy atom. The molecule has 20 heavy (non-hydrogen) atoms. The Morgan fingerprint density at radius 1 is 1.00 bits per heavy atom. The third-order valence-electron chi connectivity index (χ3n) is 4.82. The van der Waals surface area contributed by atoms with Gasteiger partial charge in [-0.1, -0.05) is 26.2 Å². The first kappa shape index (κ1) is 17.8. The largest absolute Gasteiger partial charge is 0.384 e. The van der Waals surface area contributed by atoms with Crippen LogP contribution in [0.3, 0.4) is 0 Å². The van der Waals surface area contributed by atoms with Gasteiger partial charge in [-0.2, -0.15) is 0 Å². The monoisotopic (exact) mass is 292 g/mol. The summed E-state index contributed by atoms with van der Waals surface area (Å²) < 4.78 is 37.4. The average molecular weight is 292 g/mol. The van der Waals surface area contributed by atoms with E-state index in [0.29, 0.717) is 31.5 Å². The summed E-state index contributed by atoms with van der Waals surface area (Å²) >= 11 is 0. The van der Waals surface area contributed by atoms with Gasteiger partial charge in [-0.3, -0.25) is 0 Å². The predicted molar refractivity (Wildman–Crippen MR) is 77.2 cm³/mol. The quantitative estimate of drug-likeness (QED) is 0.654. The van der Waals surface area contributed by atoms with Crippen LogP contribution in [0, 0.1) is 17.3 Å². The fourth-order valence-corrected chi connectivity index (χ4v) is 3.85. The third-order valence-corrected chi connectivity index (χ3v) is 4.82. The number of hydrogen-bond acceptors (Lipinski definition) is 2. The van der Waals surface area contributed by atoms with Gasteiger partial charge in [0.1, 0.15) is 0 Å². The number of halogens is 2. The average Bonchev–Trinajstić information content (AvgIpc) is 2.36. The highest BCUT2D eigenvalue weighted by Gasteiger charge is 2.43. The Hall–Kier alpha value is -0.220. The molecule has 120 valence electrons. The highest BCUT2D eigenvalue weighted by molar-refractivity contribution is 4.92. The topological polar surface area (TPSA) is 18.5 Å². The van der Waals surface area contributed by atoms with E-state index in [1.807, 2.05) is 0 Å². The number of ether oxygens (including phenoxy) is 2. The molecular weight excluding hydrogens is 262 g/mol. The molecule has 0 heterocycles. The van der Waals surface area contributed by atoms with Crippen molar-refractivity contribution in [1.29, 1.82) is 0 Å². The molecule has 2 unspecified atom stereocenters. The maximum absolute atomic E-state index is 13.3. The summed E-state index contributed by atoms with van der Waals surface area (Å²) in [4.78, 5) is 0. The lowest BCUT2D eigenvalue weighted by Crippen LogP contribution is -2.44. The van der Waals surface area contributed by atoms with Gasteiger partial charge in [0.15, 0.2) is 0 Å². The van der Waals surface area contributed by atoms with Crippen LogP contribution in [-0.4, -0.2) is 33.4 Å². The molecule has 0 aromatic rings. The van der Waals surface area contributed by atoms with E-state index >= 15 is 0 Å². The van der Waals surface area contributed by atoms with Gasteiger partial charge in [-0.05, 0) is 31.6 Å². The maximum atomic E-state index is 13.3. The molecule has 0 aromatic carbocycles. The molecule has 1 aliphatic carbocycles. The van der Waals surface area contributed by atoms with Gasteiger partial charge in [0.05, 0.1) is 13.2 Å². The first-order valence-corrected chi connectivity index (χ1v) is 7.70. The standard InChI is InChI=1S/C16H30F2O2/c1-13-7-5-6-8-14(13)16(11-19-3,12-20-4)10-9-15(2,17)18/h13-14H,5-12H2,1-4H3. The highest BCUT2D eigenvalue weighted by atomic mass is 19.3. The lowest BCUT2D eigenvalue weighted by atomic mass is 9.62. The van der Waals surface area contributed by atoms with Gasteiger partial charge in [-0.25, -0.2) is 8.78 Å². The van der Waals surface area contributed by atoms with Crippen molar-refractivity contribution in [3.05, 3.63) is 0 Å². The van der Waals surface area contributed by atoms with E-state index in [1.54, 1.807) is 14.2 Å². The zero-order chi connectivity index (χ0) is 15.2. The maximum Gasteiger partial charge on any atom is 0.245 e. The summed E-state index contributed by atoms with van der Waals surface area (Å²) in [6.45, 7) is 4.26. The molecule has 1 saturated carbocycles. The smallest absolute Gasteiger partial charge is 0.245 e. The summed E-state index contributed by atoms with van der Waals surface area (Å²) in [6, 6.07) is 0. The van der Waals surface area contributed by atoms with Gasteiger partial charge < -0.3 is 9.47 Å². The molecule has 1 fully saturated rings. The lowest BCUT2D eigenvalue weighted by molar-refractivity contribution is -0.0826. The zero-order valence-corrected chi connectivity index (χ0v) is 13.4. The second-order valence-corrected chi connectivity index (χ2v) is 6.67. The molecule has 0 bridgehead atoms.